The van der Waals surface area contributed by atoms with E-state index >= 15 is 0 Å². The van der Waals surface area contributed by atoms with Gasteiger partial charge in [0.05, 0.1) is 0 Å². The van der Waals surface area contributed by atoms with Gasteiger partial charge in [-0.1, -0.05) is 12.1 Å². The van der Waals surface area contributed by atoms with Crippen molar-refractivity contribution in [2.24, 2.45) is 5.73 Å². The Morgan fingerprint density at radius 3 is 2.55 bits per heavy atom. The number of aromatic nitrogens is 2. The summed E-state index contributed by atoms with van der Waals surface area (Å²) in [5.41, 5.74) is 7.72. The summed E-state index contributed by atoms with van der Waals surface area (Å²) in [6.45, 7) is 2.73. The van der Waals surface area contributed by atoms with Gasteiger partial charge < -0.3 is 16.0 Å². The van der Waals surface area contributed by atoms with Crippen LogP contribution in [-0.2, 0) is 6.54 Å². The molecule has 2 heterocycles. The fourth-order valence-electron chi connectivity index (χ4n) is 2.41. The molecule has 0 aliphatic carbocycles. The fraction of sp³-hybridized carbons (Fsp3) is 0.333. The topological polar surface area (TPSA) is 67.1 Å². The van der Waals surface area contributed by atoms with Gasteiger partial charge in [-0.2, -0.15) is 0 Å². The third kappa shape index (κ3) is 2.88. The summed E-state index contributed by atoms with van der Waals surface area (Å²) in [6, 6.07) is 10.1. The van der Waals surface area contributed by atoms with Crippen LogP contribution in [0.3, 0.4) is 0 Å². The molecule has 0 bridgehead atoms. The van der Waals surface area contributed by atoms with Crippen LogP contribution >= 0.6 is 0 Å². The van der Waals surface area contributed by atoms with E-state index in [-0.39, 0.29) is 0 Å². The predicted molar refractivity (Wildman–Crippen MR) is 81.1 cm³/mol. The largest absolute Gasteiger partial charge is 0.356 e. The Bertz CT molecular complexity index is 561. The minimum atomic E-state index is 0.562. The number of nitrogens with one attached hydrogen (secondary N) is 1. The second-order valence-electron chi connectivity index (χ2n) is 4.98. The van der Waals surface area contributed by atoms with Crippen molar-refractivity contribution < 1.29 is 0 Å². The number of rotatable bonds is 4. The summed E-state index contributed by atoms with van der Waals surface area (Å²) in [4.78, 5) is 10.9. The van der Waals surface area contributed by atoms with Gasteiger partial charge in [-0.15, -0.1) is 0 Å². The lowest BCUT2D eigenvalue weighted by Crippen LogP contribution is -2.19. The van der Waals surface area contributed by atoms with Crippen molar-refractivity contribution in [1.29, 1.82) is 0 Å². The maximum Gasteiger partial charge on any atom is 0.135 e. The average Bonchev–Trinajstić information content (AvgIpc) is 3.03. The highest BCUT2D eigenvalue weighted by molar-refractivity contribution is 5.59. The third-order valence-electron chi connectivity index (χ3n) is 3.54. The molecule has 0 saturated carbocycles. The van der Waals surface area contributed by atoms with Crippen LogP contribution in [0, 0.1) is 0 Å². The van der Waals surface area contributed by atoms with Crippen molar-refractivity contribution in [3.05, 3.63) is 42.2 Å². The predicted octanol–water partition coefficient (Wildman–Crippen LogP) is 2.28. The van der Waals surface area contributed by atoms with Crippen molar-refractivity contribution in [1.82, 2.24) is 9.97 Å². The van der Waals surface area contributed by atoms with E-state index in [1.807, 2.05) is 30.3 Å². The van der Waals surface area contributed by atoms with Crippen LogP contribution in [-0.4, -0.2) is 23.1 Å². The second kappa shape index (κ2) is 5.88. The summed E-state index contributed by atoms with van der Waals surface area (Å²) >= 11 is 0. The van der Waals surface area contributed by atoms with Crippen molar-refractivity contribution in [3.63, 3.8) is 0 Å². The maximum atomic E-state index is 5.60. The number of nitrogens with two attached hydrogens (primary N) is 1. The Hall–Kier alpha value is -2.14. The van der Waals surface area contributed by atoms with Crippen LogP contribution in [0.15, 0.2) is 36.7 Å². The lowest BCUT2D eigenvalue weighted by atomic mass is 10.2. The van der Waals surface area contributed by atoms with E-state index in [0.29, 0.717) is 6.54 Å². The third-order valence-corrected chi connectivity index (χ3v) is 3.54. The fourth-order valence-corrected chi connectivity index (χ4v) is 2.41. The molecule has 1 aromatic heterocycles. The first-order valence-electron chi connectivity index (χ1n) is 6.98. The van der Waals surface area contributed by atoms with Crippen LogP contribution in [0.1, 0.15) is 18.4 Å². The molecule has 0 atom stereocenters. The van der Waals surface area contributed by atoms with Crippen LogP contribution in [0.4, 0.5) is 17.3 Å². The number of anilines is 3. The molecule has 1 fully saturated rings. The zero-order valence-corrected chi connectivity index (χ0v) is 11.4. The lowest BCUT2D eigenvalue weighted by Gasteiger charge is -2.16. The normalized spacial score (nSPS) is 14.6. The van der Waals surface area contributed by atoms with Gasteiger partial charge >= 0.3 is 0 Å². The van der Waals surface area contributed by atoms with Gasteiger partial charge in [0.15, 0.2) is 0 Å². The molecule has 3 N–H and O–H groups in total. The highest BCUT2D eigenvalue weighted by atomic mass is 15.2. The molecule has 5 nitrogen and oxygen atoms in total. The van der Waals surface area contributed by atoms with Crippen LogP contribution in [0.25, 0.3) is 0 Å². The average molecular weight is 269 g/mol. The summed E-state index contributed by atoms with van der Waals surface area (Å²) in [5, 5.41) is 3.30. The van der Waals surface area contributed by atoms with Crippen molar-refractivity contribution in [3.8, 4) is 0 Å². The number of hydrogen-bond acceptors (Lipinski definition) is 5. The van der Waals surface area contributed by atoms with Gasteiger partial charge in [0.25, 0.3) is 0 Å². The van der Waals surface area contributed by atoms with Gasteiger partial charge in [0.2, 0.25) is 0 Å². The minimum Gasteiger partial charge on any atom is -0.356 e. The van der Waals surface area contributed by atoms with Crippen LogP contribution in [0.5, 0.6) is 0 Å². The molecular weight excluding hydrogens is 250 g/mol. The number of nitrogens with zero attached hydrogens (tertiary/aromatic N) is 3. The van der Waals surface area contributed by atoms with Gasteiger partial charge in [-0.25, -0.2) is 9.97 Å². The zero-order chi connectivity index (χ0) is 13.8. The molecule has 0 radical (unpaired) electrons. The van der Waals surface area contributed by atoms with Crippen molar-refractivity contribution >= 4 is 17.3 Å². The Balaban J connectivity index is 1.74. The standard InChI is InChI=1S/C15H19N5/c16-10-12-3-5-13(6-4-12)19-14-9-15(18-11-17-14)20-7-1-2-8-20/h3-6,9,11H,1-2,7-8,10,16H2,(H,17,18,19). The molecule has 5 heteroatoms. The van der Waals surface area contributed by atoms with E-state index in [0.717, 1.165) is 36.0 Å². The number of hydrogen-bond donors (Lipinski definition) is 2. The first kappa shape index (κ1) is 12.9. The second-order valence-corrected chi connectivity index (χ2v) is 4.98. The Labute approximate surface area is 118 Å². The molecule has 0 unspecified atom stereocenters. The van der Waals surface area contributed by atoms with Gasteiger partial charge in [0, 0.05) is 31.4 Å². The molecule has 0 amide bonds. The molecule has 1 aliphatic rings. The van der Waals surface area contributed by atoms with E-state index in [1.54, 1.807) is 6.33 Å². The molecular formula is C15H19N5. The minimum absolute atomic E-state index is 0.562. The van der Waals surface area contributed by atoms with Gasteiger partial charge in [-0.05, 0) is 30.5 Å². The highest BCUT2D eigenvalue weighted by Crippen LogP contribution is 2.21. The molecule has 1 aromatic carbocycles. The lowest BCUT2D eigenvalue weighted by molar-refractivity contribution is 0.928. The first-order chi connectivity index (χ1) is 9.85. The van der Waals surface area contributed by atoms with Crippen LogP contribution in [0.2, 0.25) is 0 Å². The highest BCUT2D eigenvalue weighted by Gasteiger charge is 2.13. The summed E-state index contributed by atoms with van der Waals surface area (Å²) in [5.74, 6) is 1.82. The molecule has 1 aliphatic heterocycles. The summed E-state index contributed by atoms with van der Waals surface area (Å²) in [7, 11) is 0. The molecule has 3 rings (SSSR count). The smallest absolute Gasteiger partial charge is 0.135 e. The van der Waals surface area contributed by atoms with Gasteiger partial charge in [-0.3, -0.25) is 0 Å². The number of benzene rings is 1. The molecule has 1 saturated heterocycles. The monoisotopic (exact) mass is 269 g/mol. The summed E-state index contributed by atoms with van der Waals surface area (Å²) < 4.78 is 0. The van der Waals surface area contributed by atoms with Crippen molar-refractivity contribution in [2.75, 3.05) is 23.3 Å². The van der Waals surface area contributed by atoms with E-state index < -0.39 is 0 Å². The molecule has 20 heavy (non-hydrogen) atoms. The quantitative estimate of drug-likeness (QED) is 0.891. The van der Waals surface area contributed by atoms with E-state index in [9.17, 15) is 0 Å². The van der Waals surface area contributed by atoms with Crippen molar-refractivity contribution in [2.45, 2.75) is 19.4 Å². The summed E-state index contributed by atoms with van der Waals surface area (Å²) in [6.07, 6.45) is 4.10. The Kier molecular flexibility index (Phi) is 3.78. The SMILES string of the molecule is NCc1ccc(Nc2cc(N3CCCC3)ncn2)cc1. The first-order valence-corrected chi connectivity index (χ1v) is 6.98. The Morgan fingerprint density at radius 2 is 1.85 bits per heavy atom. The zero-order valence-electron chi connectivity index (χ0n) is 11.4. The van der Waals surface area contributed by atoms with E-state index in [2.05, 4.69) is 20.2 Å². The Morgan fingerprint density at radius 1 is 1.10 bits per heavy atom. The molecule has 2 aromatic rings. The van der Waals surface area contributed by atoms with E-state index in [1.165, 1.54) is 12.8 Å². The molecule has 104 valence electrons. The van der Waals surface area contributed by atoms with Gasteiger partial charge in [0.1, 0.15) is 18.0 Å². The molecule has 0 spiro atoms. The van der Waals surface area contributed by atoms with E-state index in [4.69, 9.17) is 5.73 Å². The maximum absolute atomic E-state index is 5.60. The van der Waals surface area contributed by atoms with Crippen LogP contribution < -0.4 is 16.0 Å².